The van der Waals surface area contributed by atoms with Gasteiger partial charge in [-0.3, -0.25) is 0 Å². The Morgan fingerprint density at radius 2 is 1.48 bits per heavy atom. The van der Waals surface area contributed by atoms with Crippen molar-refractivity contribution in [2.75, 3.05) is 0 Å². The van der Waals surface area contributed by atoms with E-state index in [1.807, 2.05) is 20.8 Å². The number of aryl methyl sites for hydroxylation is 1. The molecule has 0 aliphatic carbocycles. The monoisotopic (exact) mass is 467 g/mol. The molecule has 0 radical (unpaired) electrons. The first-order valence-corrected chi connectivity index (χ1v) is 9.92. The SMILES string of the molecule is Cc1oc(-c2nc3c(C(F)(F)F)cc(-c4ccccc4C(F)(F)F)cc3[nH]2)nc1C(C)(C)C. The third-order valence-corrected chi connectivity index (χ3v) is 5.15. The van der Waals surface area contributed by atoms with Crippen LogP contribution >= 0.6 is 0 Å². The number of halogens is 6. The predicted molar refractivity (Wildman–Crippen MR) is 110 cm³/mol. The van der Waals surface area contributed by atoms with E-state index >= 15 is 0 Å². The van der Waals surface area contributed by atoms with Crippen molar-refractivity contribution in [3.05, 3.63) is 59.0 Å². The number of nitrogens with one attached hydrogen (secondary N) is 1. The van der Waals surface area contributed by atoms with E-state index in [0.717, 1.165) is 12.1 Å². The molecule has 1 N–H and O–H groups in total. The lowest BCUT2D eigenvalue weighted by Crippen LogP contribution is -2.13. The van der Waals surface area contributed by atoms with Gasteiger partial charge in [0.15, 0.2) is 5.82 Å². The first-order valence-electron chi connectivity index (χ1n) is 9.92. The first-order chi connectivity index (χ1) is 15.2. The van der Waals surface area contributed by atoms with Gasteiger partial charge in [-0.15, -0.1) is 0 Å². The molecule has 0 saturated heterocycles. The van der Waals surface area contributed by atoms with Crippen LogP contribution in [-0.2, 0) is 17.8 Å². The summed E-state index contributed by atoms with van der Waals surface area (Å²) in [6.45, 7) is 7.41. The van der Waals surface area contributed by atoms with Gasteiger partial charge in [-0.2, -0.15) is 26.3 Å². The highest BCUT2D eigenvalue weighted by Crippen LogP contribution is 2.42. The van der Waals surface area contributed by atoms with Crippen molar-refractivity contribution in [3.63, 3.8) is 0 Å². The van der Waals surface area contributed by atoms with Crippen LogP contribution in [0.5, 0.6) is 0 Å². The number of aromatic nitrogens is 3. The molecule has 0 atom stereocenters. The van der Waals surface area contributed by atoms with Crippen molar-refractivity contribution in [1.29, 1.82) is 0 Å². The highest BCUT2D eigenvalue weighted by atomic mass is 19.4. The van der Waals surface area contributed by atoms with Gasteiger partial charge in [0.2, 0.25) is 0 Å². The van der Waals surface area contributed by atoms with Crippen molar-refractivity contribution in [2.24, 2.45) is 0 Å². The first kappa shape index (κ1) is 22.9. The molecule has 2 aromatic heterocycles. The van der Waals surface area contributed by atoms with E-state index in [4.69, 9.17) is 4.42 Å². The van der Waals surface area contributed by atoms with E-state index in [2.05, 4.69) is 15.0 Å². The Kier molecular flexibility index (Phi) is 5.10. The molecule has 4 aromatic rings. The molecule has 0 aliphatic rings. The molecule has 0 bridgehead atoms. The number of nitrogens with zero attached hydrogens (tertiary/aromatic N) is 2. The number of rotatable bonds is 2. The molecule has 2 heterocycles. The normalized spacial score (nSPS) is 13.2. The second kappa shape index (κ2) is 7.36. The molecule has 0 fully saturated rings. The minimum Gasteiger partial charge on any atom is -0.439 e. The minimum absolute atomic E-state index is 0.000934. The summed E-state index contributed by atoms with van der Waals surface area (Å²) in [5.41, 5.74) is -3.06. The summed E-state index contributed by atoms with van der Waals surface area (Å²) in [7, 11) is 0. The maximum Gasteiger partial charge on any atom is 0.418 e. The van der Waals surface area contributed by atoms with E-state index in [0.29, 0.717) is 17.5 Å². The van der Waals surface area contributed by atoms with E-state index in [-0.39, 0.29) is 33.8 Å². The Balaban J connectivity index is 1.95. The molecule has 10 heteroatoms. The second-order valence-corrected chi connectivity index (χ2v) is 8.72. The standard InChI is InChI=1S/C23H19F6N3O/c1-11-18(21(2,3)4)32-20(33-11)19-30-16-10-12(9-15(17(16)31-19)23(27,28)29)13-7-5-6-8-14(13)22(24,25)26/h5-10H,1-4H3,(H,30,31). The molecule has 33 heavy (non-hydrogen) atoms. The Morgan fingerprint density at radius 3 is 2.06 bits per heavy atom. The maximum absolute atomic E-state index is 13.9. The molecule has 0 aliphatic heterocycles. The lowest BCUT2D eigenvalue weighted by molar-refractivity contribution is -0.137. The smallest absolute Gasteiger partial charge is 0.418 e. The highest BCUT2D eigenvalue weighted by molar-refractivity contribution is 5.88. The molecule has 0 spiro atoms. The Bertz CT molecular complexity index is 1340. The Morgan fingerprint density at radius 1 is 0.848 bits per heavy atom. The molecule has 0 amide bonds. The van der Waals surface area contributed by atoms with Crippen LogP contribution < -0.4 is 0 Å². The average Bonchev–Trinajstić information content (AvgIpc) is 3.28. The molecular weight excluding hydrogens is 448 g/mol. The lowest BCUT2D eigenvalue weighted by atomic mass is 9.91. The van der Waals surface area contributed by atoms with Crippen LogP contribution in [0.3, 0.4) is 0 Å². The molecule has 2 aromatic carbocycles. The summed E-state index contributed by atoms with van der Waals surface area (Å²) in [6, 6.07) is 6.37. The van der Waals surface area contributed by atoms with Crippen LogP contribution in [0.15, 0.2) is 40.8 Å². The molecule has 0 unspecified atom stereocenters. The number of alkyl halides is 6. The number of oxazole rings is 1. The second-order valence-electron chi connectivity index (χ2n) is 8.72. The van der Waals surface area contributed by atoms with Crippen LogP contribution in [0.1, 0.15) is 43.4 Å². The van der Waals surface area contributed by atoms with Gasteiger partial charge >= 0.3 is 12.4 Å². The largest absolute Gasteiger partial charge is 0.439 e. The summed E-state index contributed by atoms with van der Waals surface area (Å²) in [6.07, 6.45) is -9.58. The summed E-state index contributed by atoms with van der Waals surface area (Å²) >= 11 is 0. The van der Waals surface area contributed by atoms with Crippen LogP contribution in [0.4, 0.5) is 26.3 Å². The van der Waals surface area contributed by atoms with E-state index < -0.39 is 29.0 Å². The van der Waals surface area contributed by atoms with Crippen LogP contribution in [0, 0.1) is 6.92 Å². The number of H-pyrrole nitrogens is 1. The maximum atomic E-state index is 13.9. The van der Waals surface area contributed by atoms with Crippen molar-refractivity contribution in [2.45, 2.75) is 45.5 Å². The Labute approximate surface area is 184 Å². The Hall–Kier alpha value is -3.30. The lowest BCUT2D eigenvalue weighted by Gasteiger charge is -2.15. The summed E-state index contributed by atoms with van der Waals surface area (Å²) in [5.74, 6) is 0.447. The highest BCUT2D eigenvalue weighted by Gasteiger charge is 2.37. The fourth-order valence-electron chi connectivity index (χ4n) is 3.77. The summed E-state index contributed by atoms with van der Waals surface area (Å²) in [5, 5.41) is 0. The van der Waals surface area contributed by atoms with Gasteiger partial charge in [0, 0.05) is 5.41 Å². The quantitative estimate of drug-likeness (QED) is 0.310. The molecule has 4 nitrogen and oxygen atoms in total. The fraction of sp³-hybridized carbons (Fsp3) is 0.304. The number of hydrogen-bond donors (Lipinski definition) is 1. The molecule has 4 rings (SSSR count). The van der Waals surface area contributed by atoms with E-state index in [1.165, 1.54) is 18.2 Å². The van der Waals surface area contributed by atoms with Gasteiger partial charge in [-0.1, -0.05) is 39.0 Å². The van der Waals surface area contributed by atoms with Crippen molar-refractivity contribution in [1.82, 2.24) is 15.0 Å². The zero-order valence-electron chi connectivity index (χ0n) is 18.0. The average molecular weight is 467 g/mol. The summed E-state index contributed by atoms with van der Waals surface area (Å²) in [4.78, 5) is 11.1. The van der Waals surface area contributed by atoms with Crippen molar-refractivity contribution in [3.8, 4) is 22.8 Å². The predicted octanol–water partition coefficient (Wildman–Crippen LogP) is 7.53. The van der Waals surface area contributed by atoms with Crippen LogP contribution in [-0.4, -0.2) is 15.0 Å². The zero-order valence-corrected chi connectivity index (χ0v) is 18.0. The minimum atomic E-state index is -4.85. The van der Waals surface area contributed by atoms with Crippen LogP contribution in [0.2, 0.25) is 0 Å². The van der Waals surface area contributed by atoms with Gasteiger partial charge < -0.3 is 9.40 Å². The third-order valence-electron chi connectivity index (χ3n) is 5.15. The van der Waals surface area contributed by atoms with Gasteiger partial charge in [-0.05, 0) is 36.2 Å². The van der Waals surface area contributed by atoms with Gasteiger partial charge in [0.25, 0.3) is 5.89 Å². The molecular formula is C23H19F6N3O. The number of aromatic amines is 1. The number of fused-ring (bicyclic) bond motifs is 1. The van der Waals surface area contributed by atoms with Crippen molar-refractivity contribution < 1.29 is 30.8 Å². The number of hydrogen-bond acceptors (Lipinski definition) is 3. The van der Waals surface area contributed by atoms with Gasteiger partial charge in [-0.25, -0.2) is 9.97 Å². The number of benzene rings is 2. The topological polar surface area (TPSA) is 54.7 Å². The van der Waals surface area contributed by atoms with Gasteiger partial charge in [0.1, 0.15) is 11.3 Å². The fourth-order valence-corrected chi connectivity index (χ4v) is 3.77. The summed E-state index contributed by atoms with van der Waals surface area (Å²) < 4.78 is 87.7. The van der Waals surface area contributed by atoms with Gasteiger partial charge in [0.05, 0.1) is 22.3 Å². The van der Waals surface area contributed by atoms with Crippen LogP contribution in [0.25, 0.3) is 33.9 Å². The molecule has 174 valence electrons. The number of imidazole rings is 1. The van der Waals surface area contributed by atoms with E-state index in [1.54, 1.807) is 6.92 Å². The third kappa shape index (κ3) is 4.21. The molecule has 0 saturated carbocycles. The van der Waals surface area contributed by atoms with E-state index in [9.17, 15) is 26.3 Å². The van der Waals surface area contributed by atoms with Crippen molar-refractivity contribution >= 4 is 11.0 Å². The zero-order chi connectivity index (χ0) is 24.3.